The summed E-state index contributed by atoms with van der Waals surface area (Å²) in [6.45, 7) is 0.569. The molecule has 22 heavy (non-hydrogen) atoms. The van der Waals surface area contributed by atoms with Crippen LogP contribution in [0.25, 0.3) is 11.0 Å². The lowest BCUT2D eigenvalue weighted by Gasteiger charge is -2.06. The van der Waals surface area contributed by atoms with Gasteiger partial charge in [-0.05, 0) is 36.2 Å². The SMILES string of the molecule is COc1ccc(CCNC(=O)c2cccc3nsnc23)cc1. The van der Waals surface area contributed by atoms with Crippen LogP contribution in [0.3, 0.4) is 0 Å². The van der Waals surface area contributed by atoms with Gasteiger partial charge in [0.25, 0.3) is 5.91 Å². The first kappa shape index (κ1) is 14.5. The van der Waals surface area contributed by atoms with Crippen molar-refractivity contribution in [3.05, 3.63) is 53.6 Å². The van der Waals surface area contributed by atoms with Gasteiger partial charge in [0.15, 0.2) is 0 Å². The number of aromatic nitrogens is 2. The Balaban J connectivity index is 1.61. The number of methoxy groups -OCH3 is 1. The van der Waals surface area contributed by atoms with Crippen molar-refractivity contribution < 1.29 is 9.53 Å². The number of carbonyl (C=O) groups excluding carboxylic acids is 1. The third-order valence-electron chi connectivity index (χ3n) is 3.39. The number of nitrogens with zero attached hydrogens (tertiary/aromatic N) is 2. The summed E-state index contributed by atoms with van der Waals surface area (Å²) in [5.74, 6) is 0.710. The zero-order valence-corrected chi connectivity index (χ0v) is 12.9. The van der Waals surface area contributed by atoms with Gasteiger partial charge in [-0.15, -0.1) is 0 Å². The number of ether oxygens (including phenoxy) is 1. The zero-order valence-electron chi connectivity index (χ0n) is 12.1. The van der Waals surface area contributed by atoms with E-state index in [-0.39, 0.29) is 5.91 Å². The van der Waals surface area contributed by atoms with Crippen LogP contribution in [0.5, 0.6) is 5.75 Å². The van der Waals surface area contributed by atoms with E-state index in [1.807, 2.05) is 36.4 Å². The maximum absolute atomic E-state index is 12.3. The summed E-state index contributed by atoms with van der Waals surface area (Å²) in [6.07, 6.45) is 0.765. The summed E-state index contributed by atoms with van der Waals surface area (Å²) < 4.78 is 13.4. The largest absolute Gasteiger partial charge is 0.497 e. The minimum absolute atomic E-state index is 0.119. The molecule has 0 fully saturated rings. The Morgan fingerprint density at radius 2 is 2.00 bits per heavy atom. The highest BCUT2D eigenvalue weighted by molar-refractivity contribution is 7.00. The van der Waals surface area contributed by atoms with Crippen LogP contribution in [0, 0.1) is 0 Å². The molecule has 0 saturated heterocycles. The highest BCUT2D eigenvalue weighted by Gasteiger charge is 2.12. The van der Waals surface area contributed by atoms with E-state index in [1.165, 1.54) is 0 Å². The number of rotatable bonds is 5. The maximum Gasteiger partial charge on any atom is 0.253 e. The lowest BCUT2D eigenvalue weighted by Crippen LogP contribution is -2.25. The summed E-state index contributed by atoms with van der Waals surface area (Å²) in [7, 11) is 1.64. The van der Waals surface area contributed by atoms with Gasteiger partial charge in [0.1, 0.15) is 16.8 Å². The monoisotopic (exact) mass is 313 g/mol. The molecule has 0 saturated carbocycles. The summed E-state index contributed by atoms with van der Waals surface area (Å²) in [5.41, 5.74) is 3.14. The number of hydrogen-bond acceptors (Lipinski definition) is 5. The van der Waals surface area contributed by atoms with Crippen LogP contribution < -0.4 is 10.1 Å². The molecule has 0 spiro atoms. The van der Waals surface area contributed by atoms with Crippen molar-refractivity contribution in [2.75, 3.05) is 13.7 Å². The number of carbonyl (C=O) groups is 1. The van der Waals surface area contributed by atoms with Crippen molar-refractivity contribution in [3.8, 4) is 5.75 Å². The molecule has 0 radical (unpaired) electrons. The molecule has 0 aliphatic heterocycles. The van der Waals surface area contributed by atoms with Crippen LogP contribution >= 0.6 is 11.7 Å². The molecule has 0 atom stereocenters. The van der Waals surface area contributed by atoms with Gasteiger partial charge in [0, 0.05) is 6.54 Å². The molecule has 0 unspecified atom stereocenters. The Kier molecular flexibility index (Phi) is 4.29. The Labute approximate surface area is 132 Å². The lowest BCUT2D eigenvalue weighted by atomic mass is 10.1. The number of hydrogen-bond donors (Lipinski definition) is 1. The van der Waals surface area contributed by atoms with E-state index in [0.717, 1.165) is 35.0 Å². The number of nitrogens with one attached hydrogen (secondary N) is 1. The molecule has 1 N–H and O–H groups in total. The van der Waals surface area contributed by atoms with Crippen LogP contribution in [0.15, 0.2) is 42.5 Å². The molecule has 2 aromatic carbocycles. The second kappa shape index (κ2) is 6.53. The molecule has 3 rings (SSSR count). The van der Waals surface area contributed by atoms with Crippen molar-refractivity contribution in [2.45, 2.75) is 6.42 Å². The predicted octanol–water partition coefficient (Wildman–Crippen LogP) is 2.67. The van der Waals surface area contributed by atoms with Gasteiger partial charge in [-0.2, -0.15) is 8.75 Å². The molecule has 1 heterocycles. The van der Waals surface area contributed by atoms with E-state index >= 15 is 0 Å². The van der Waals surface area contributed by atoms with Crippen LogP contribution in [-0.2, 0) is 6.42 Å². The smallest absolute Gasteiger partial charge is 0.253 e. The molecular weight excluding hydrogens is 298 g/mol. The van der Waals surface area contributed by atoms with E-state index in [2.05, 4.69) is 14.1 Å². The molecule has 1 aromatic heterocycles. The van der Waals surface area contributed by atoms with Gasteiger partial charge in [0.05, 0.1) is 24.4 Å². The standard InChI is InChI=1S/C16H15N3O2S/c1-21-12-7-5-11(6-8-12)9-10-17-16(20)13-3-2-4-14-15(13)19-22-18-14/h2-8H,9-10H2,1H3,(H,17,20). The topological polar surface area (TPSA) is 64.1 Å². The molecule has 0 aliphatic carbocycles. The van der Waals surface area contributed by atoms with Crippen molar-refractivity contribution in [1.29, 1.82) is 0 Å². The first-order valence-electron chi connectivity index (χ1n) is 6.90. The fraction of sp³-hybridized carbons (Fsp3) is 0.188. The molecule has 0 bridgehead atoms. The van der Waals surface area contributed by atoms with Crippen LogP contribution in [-0.4, -0.2) is 28.3 Å². The zero-order chi connectivity index (χ0) is 15.4. The minimum Gasteiger partial charge on any atom is -0.497 e. The maximum atomic E-state index is 12.3. The molecule has 0 aliphatic rings. The van der Waals surface area contributed by atoms with Gasteiger partial charge in [-0.1, -0.05) is 18.2 Å². The fourth-order valence-corrected chi connectivity index (χ4v) is 2.75. The van der Waals surface area contributed by atoms with Gasteiger partial charge in [-0.3, -0.25) is 4.79 Å². The van der Waals surface area contributed by atoms with Crippen LogP contribution in [0.1, 0.15) is 15.9 Å². The second-order valence-corrected chi connectivity index (χ2v) is 5.32. The molecule has 6 heteroatoms. The minimum atomic E-state index is -0.119. The first-order chi connectivity index (χ1) is 10.8. The number of benzene rings is 2. The highest BCUT2D eigenvalue weighted by atomic mass is 32.1. The lowest BCUT2D eigenvalue weighted by molar-refractivity contribution is 0.0955. The van der Waals surface area contributed by atoms with Crippen LogP contribution in [0.2, 0.25) is 0 Å². The fourth-order valence-electron chi connectivity index (χ4n) is 2.20. The highest BCUT2D eigenvalue weighted by Crippen LogP contribution is 2.16. The normalized spacial score (nSPS) is 10.6. The van der Waals surface area contributed by atoms with Gasteiger partial charge >= 0.3 is 0 Å². The van der Waals surface area contributed by atoms with E-state index in [4.69, 9.17) is 4.74 Å². The Morgan fingerprint density at radius 3 is 2.77 bits per heavy atom. The molecular formula is C16H15N3O2S. The van der Waals surface area contributed by atoms with E-state index in [0.29, 0.717) is 17.6 Å². The molecule has 3 aromatic rings. The molecule has 1 amide bonds. The van der Waals surface area contributed by atoms with Crippen molar-refractivity contribution in [1.82, 2.24) is 14.1 Å². The predicted molar refractivity (Wildman–Crippen MR) is 86.4 cm³/mol. The summed E-state index contributed by atoms with van der Waals surface area (Å²) >= 11 is 1.12. The van der Waals surface area contributed by atoms with Crippen molar-refractivity contribution in [2.24, 2.45) is 0 Å². The molecule has 5 nitrogen and oxygen atoms in total. The van der Waals surface area contributed by atoms with Gasteiger partial charge in [-0.25, -0.2) is 0 Å². The number of fused-ring (bicyclic) bond motifs is 1. The van der Waals surface area contributed by atoms with Crippen LogP contribution in [0.4, 0.5) is 0 Å². The average molecular weight is 313 g/mol. The number of amides is 1. The van der Waals surface area contributed by atoms with E-state index in [1.54, 1.807) is 13.2 Å². The first-order valence-corrected chi connectivity index (χ1v) is 7.63. The Morgan fingerprint density at radius 1 is 1.18 bits per heavy atom. The summed E-state index contributed by atoms with van der Waals surface area (Å²) in [5, 5.41) is 2.92. The van der Waals surface area contributed by atoms with Crippen molar-refractivity contribution in [3.63, 3.8) is 0 Å². The van der Waals surface area contributed by atoms with E-state index < -0.39 is 0 Å². The third kappa shape index (κ3) is 3.07. The quantitative estimate of drug-likeness (QED) is 0.786. The second-order valence-electron chi connectivity index (χ2n) is 4.79. The molecule has 112 valence electrons. The third-order valence-corrected chi connectivity index (χ3v) is 3.93. The Bertz CT molecular complexity index is 783. The van der Waals surface area contributed by atoms with Gasteiger partial charge < -0.3 is 10.1 Å². The van der Waals surface area contributed by atoms with E-state index in [9.17, 15) is 4.79 Å². The van der Waals surface area contributed by atoms with Gasteiger partial charge in [0.2, 0.25) is 0 Å². The summed E-state index contributed by atoms with van der Waals surface area (Å²) in [6, 6.07) is 13.3. The van der Waals surface area contributed by atoms with Crippen molar-refractivity contribution >= 4 is 28.7 Å². The average Bonchev–Trinajstić information content (AvgIpc) is 3.04. The summed E-state index contributed by atoms with van der Waals surface area (Å²) in [4.78, 5) is 12.3. The Hall–Kier alpha value is -2.47.